The number of hydrogen-bond acceptors (Lipinski definition) is 2. The van der Waals surface area contributed by atoms with Crippen LogP contribution in [0.1, 0.15) is 11.1 Å². The van der Waals surface area contributed by atoms with Crippen molar-refractivity contribution >= 4 is 17.3 Å². The minimum atomic E-state index is 0.527. The zero-order valence-electron chi connectivity index (χ0n) is 11.5. The molecule has 2 aromatic rings. The average molecular weight is 288 g/mol. The van der Waals surface area contributed by atoms with Crippen molar-refractivity contribution in [2.75, 3.05) is 11.9 Å². The first-order chi connectivity index (χ1) is 9.69. The molecule has 104 valence electrons. The van der Waals surface area contributed by atoms with Crippen LogP contribution in [0.5, 0.6) is 5.75 Å². The normalized spacial score (nSPS) is 10.1. The second-order valence-electron chi connectivity index (χ2n) is 4.56. The maximum Gasteiger partial charge on any atom is 0.119 e. The maximum absolute atomic E-state index is 6.00. The molecule has 0 unspecified atom stereocenters. The topological polar surface area (TPSA) is 21.3 Å². The quantitative estimate of drug-likeness (QED) is 0.769. The number of anilines is 1. The molecule has 1 N–H and O–H groups in total. The van der Waals surface area contributed by atoms with E-state index < -0.39 is 0 Å². The highest BCUT2D eigenvalue weighted by atomic mass is 35.5. The summed E-state index contributed by atoms with van der Waals surface area (Å²) >= 11 is 6.00. The highest BCUT2D eigenvalue weighted by Gasteiger charge is 2.00. The van der Waals surface area contributed by atoms with Crippen LogP contribution < -0.4 is 10.1 Å². The molecule has 0 saturated carbocycles. The molecule has 0 aliphatic rings. The summed E-state index contributed by atoms with van der Waals surface area (Å²) in [6, 6.07) is 13.9. The van der Waals surface area contributed by atoms with Crippen LogP contribution in [0, 0.1) is 6.92 Å². The van der Waals surface area contributed by atoms with Crippen LogP contribution in [0.25, 0.3) is 0 Å². The highest BCUT2D eigenvalue weighted by molar-refractivity contribution is 6.30. The molecule has 3 heteroatoms. The zero-order chi connectivity index (χ0) is 14.4. The minimum Gasteiger partial charge on any atom is -0.490 e. The molecule has 0 fully saturated rings. The van der Waals surface area contributed by atoms with Gasteiger partial charge in [0.05, 0.1) is 0 Å². The van der Waals surface area contributed by atoms with E-state index in [2.05, 4.69) is 18.8 Å². The Balaban J connectivity index is 1.96. The van der Waals surface area contributed by atoms with Gasteiger partial charge in [0.15, 0.2) is 0 Å². The van der Waals surface area contributed by atoms with E-state index in [9.17, 15) is 0 Å². The molecule has 2 rings (SSSR count). The molecule has 2 nitrogen and oxygen atoms in total. The Bertz CT molecular complexity index is 578. The number of hydrogen-bond donors (Lipinski definition) is 1. The molecular formula is C17H18ClNO. The second kappa shape index (κ2) is 7.01. The Morgan fingerprint density at radius 1 is 1.20 bits per heavy atom. The molecule has 0 atom stereocenters. The van der Waals surface area contributed by atoms with Gasteiger partial charge in [0, 0.05) is 17.3 Å². The van der Waals surface area contributed by atoms with E-state index in [4.69, 9.17) is 16.3 Å². The lowest BCUT2D eigenvalue weighted by atomic mass is 10.1. The van der Waals surface area contributed by atoms with Gasteiger partial charge < -0.3 is 10.1 Å². The lowest BCUT2D eigenvalue weighted by Gasteiger charge is -2.10. The fourth-order valence-electron chi connectivity index (χ4n) is 1.84. The molecule has 2 aromatic carbocycles. The van der Waals surface area contributed by atoms with Crippen molar-refractivity contribution in [2.45, 2.75) is 13.5 Å². The third-order valence-electron chi connectivity index (χ3n) is 2.97. The lowest BCUT2D eigenvalue weighted by Crippen LogP contribution is -2.01. The zero-order valence-corrected chi connectivity index (χ0v) is 12.3. The second-order valence-corrected chi connectivity index (χ2v) is 4.99. The van der Waals surface area contributed by atoms with E-state index in [-0.39, 0.29) is 0 Å². The van der Waals surface area contributed by atoms with Gasteiger partial charge in [-0.15, -0.1) is 0 Å². The van der Waals surface area contributed by atoms with Gasteiger partial charge in [-0.05, 0) is 42.3 Å². The van der Waals surface area contributed by atoms with E-state index in [1.807, 2.05) is 42.5 Å². The monoisotopic (exact) mass is 287 g/mol. The summed E-state index contributed by atoms with van der Waals surface area (Å²) in [4.78, 5) is 0. The average Bonchev–Trinajstić information content (AvgIpc) is 2.47. The standard InChI is InChI=1S/C17H18ClNO/c1-3-10-20-16-8-5-14(6-9-16)12-19-17-11-15(18)7-4-13(17)2/h3-9,11,19H,1,10,12H2,2H3. The van der Waals surface area contributed by atoms with Crippen LogP contribution in [0.4, 0.5) is 5.69 Å². The molecule has 20 heavy (non-hydrogen) atoms. The number of aryl methyl sites for hydroxylation is 1. The Hall–Kier alpha value is -1.93. The summed E-state index contributed by atoms with van der Waals surface area (Å²) in [6.07, 6.45) is 1.73. The largest absolute Gasteiger partial charge is 0.490 e. The predicted molar refractivity (Wildman–Crippen MR) is 85.6 cm³/mol. The van der Waals surface area contributed by atoms with Crippen molar-refractivity contribution in [3.05, 3.63) is 71.3 Å². The third kappa shape index (κ3) is 4.04. The van der Waals surface area contributed by atoms with Crippen LogP contribution >= 0.6 is 11.6 Å². The Kier molecular flexibility index (Phi) is 5.08. The fraction of sp³-hybridized carbons (Fsp3) is 0.176. The van der Waals surface area contributed by atoms with Crippen LogP contribution in [0.3, 0.4) is 0 Å². The molecule has 0 saturated heterocycles. The van der Waals surface area contributed by atoms with Gasteiger partial charge in [-0.25, -0.2) is 0 Å². The number of rotatable bonds is 6. The molecule has 0 aliphatic carbocycles. The first-order valence-corrected chi connectivity index (χ1v) is 6.89. The van der Waals surface area contributed by atoms with Crippen LogP contribution in [0.2, 0.25) is 5.02 Å². The van der Waals surface area contributed by atoms with Gasteiger partial charge in [-0.1, -0.05) is 42.5 Å². The van der Waals surface area contributed by atoms with Crippen molar-refractivity contribution in [3.63, 3.8) is 0 Å². The Morgan fingerprint density at radius 3 is 2.65 bits per heavy atom. The van der Waals surface area contributed by atoms with Crippen LogP contribution in [-0.2, 0) is 6.54 Å². The Labute approximate surface area is 125 Å². The van der Waals surface area contributed by atoms with Crippen molar-refractivity contribution in [1.82, 2.24) is 0 Å². The van der Waals surface area contributed by atoms with Gasteiger partial charge >= 0.3 is 0 Å². The van der Waals surface area contributed by atoms with Crippen molar-refractivity contribution in [2.24, 2.45) is 0 Å². The molecule has 0 bridgehead atoms. The van der Waals surface area contributed by atoms with Gasteiger partial charge in [-0.3, -0.25) is 0 Å². The molecule has 0 radical (unpaired) electrons. The summed E-state index contributed by atoms with van der Waals surface area (Å²) in [5.41, 5.74) is 3.43. The first-order valence-electron chi connectivity index (χ1n) is 6.51. The smallest absolute Gasteiger partial charge is 0.119 e. The molecular weight excluding hydrogens is 270 g/mol. The summed E-state index contributed by atoms with van der Waals surface area (Å²) in [7, 11) is 0. The first kappa shape index (κ1) is 14.5. The molecule has 0 aliphatic heterocycles. The lowest BCUT2D eigenvalue weighted by molar-refractivity contribution is 0.363. The molecule has 0 aromatic heterocycles. The number of nitrogens with one attached hydrogen (secondary N) is 1. The van der Waals surface area contributed by atoms with Crippen LogP contribution in [-0.4, -0.2) is 6.61 Å². The minimum absolute atomic E-state index is 0.527. The SMILES string of the molecule is C=CCOc1ccc(CNc2cc(Cl)ccc2C)cc1. The van der Waals surface area contributed by atoms with Crippen molar-refractivity contribution < 1.29 is 4.74 Å². The maximum atomic E-state index is 6.00. The van der Waals surface area contributed by atoms with E-state index in [1.165, 1.54) is 11.1 Å². The summed E-state index contributed by atoms with van der Waals surface area (Å²) in [6.45, 7) is 6.97. The van der Waals surface area contributed by atoms with Crippen molar-refractivity contribution in [1.29, 1.82) is 0 Å². The summed E-state index contributed by atoms with van der Waals surface area (Å²) < 4.78 is 5.45. The van der Waals surface area contributed by atoms with Gasteiger partial charge in [0.25, 0.3) is 0 Å². The van der Waals surface area contributed by atoms with E-state index in [0.717, 1.165) is 23.0 Å². The molecule has 0 heterocycles. The van der Waals surface area contributed by atoms with E-state index >= 15 is 0 Å². The Morgan fingerprint density at radius 2 is 1.95 bits per heavy atom. The van der Waals surface area contributed by atoms with E-state index in [1.54, 1.807) is 6.08 Å². The summed E-state index contributed by atoms with van der Waals surface area (Å²) in [5.74, 6) is 0.854. The third-order valence-corrected chi connectivity index (χ3v) is 3.21. The van der Waals surface area contributed by atoms with Crippen molar-refractivity contribution in [3.8, 4) is 5.75 Å². The highest BCUT2D eigenvalue weighted by Crippen LogP contribution is 2.21. The van der Waals surface area contributed by atoms with Gasteiger partial charge in [-0.2, -0.15) is 0 Å². The fourth-order valence-corrected chi connectivity index (χ4v) is 2.01. The van der Waals surface area contributed by atoms with Gasteiger partial charge in [0.1, 0.15) is 12.4 Å². The van der Waals surface area contributed by atoms with E-state index in [0.29, 0.717) is 6.61 Å². The molecule has 0 spiro atoms. The predicted octanol–water partition coefficient (Wildman–Crippen LogP) is 4.83. The summed E-state index contributed by atoms with van der Waals surface area (Å²) in [5, 5.41) is 4.13. The number of ether oxygens (including phenoxy) is 1. The van der Waals surface area contributed by atoms with Crippen LogP contribution in [0.15, 0.2) is 55.1 Å². The molecule has 0 amide bonds. The number of halogens is 1. The number of benzene rings is 2. The van der Waals surface area contributed by atoms with Gasteiger partial charge in [0.2, 0.25) is 0 Å².